The molecule has 0 bridgehead atoms. The minimum Gasteiger partial charge on any atom is -0.481 e. The van der Waals surface area contributed by atoms with Gasteiger partial charge >= 0.3 is 12.3 Å². The van der Waals surface area contributed by atoms with Gasteiger partial charge in [0.2, 0.25) is 5.91 Å². The van der Waals surface area contributed by atoms with Gasteiger partial charge in [0.15, 0.2) is 0 Å². The number of alkyl halides is 3. The number of carboxylic acid groups (broad SMARTS) is 1. The third-order valence-corrected chi connectivity index (χ3v) is 3.78. The number of carbonyl (C=O) groups is 2. The van der Waals surface area contributed by atoms with Gasteiger partial charge in [-0.25, -0.2) is 4.39 Å². The molecular weight excluding hydrogens is 382 g/mol. The van der Waals surface area contributed by atoms with Gasteiger partial charge in [0.05, 0.1) is 12.5 Å². The van der Waals surface area contributed by atoms with E-state index >= 15 is 0 Å². The molecule has 0 heterocycles. The average molecular weight is 399 g/mol. The summed E-state index contributed by atoms with van der Waals surface area (Å²) in [6.07, 6.45) is -4.92. The molecular formula is C19H17F4NO4. The zero-order valence-corrected chi connectivity index (χ0v) is 14.5. The van der Waals surface area contributed by atoms with E-state index in [0.717, 1.165) is 17.7 Å². The molecule has 2 rings (SSSR count). The Morgan fingerprint density at radius 1 is 1.04 bits per heavy atom. The van der Waals surface area contributed by atoms with Crippen LogP contribution in [0.25, 0.3) is 0 Å². The Hall–Kier alpha value is -3.10. The smallest absolute Gasteiger partial charge is 0.481 e. The predicted octanol–water partition coefficient (Wildman–Crippen LogP) is 3.99. The highest BCUT2D eigenvalue weighted by Gasteiger charge is 2.31. The summed E-state index contributed by atoms with van der Waals surface area (Å²) in [5.74, 6) is -2.47. The molecule has 2 aromatic rings. The predicted molar refractivity (Wildman–Crippen MR) is 91.0 cm³/mol. The van der Waals surface area contributed by atoms with Gasteiger partial charge in [0, 0.05) is 6.42 Å². The van der Waals surface area contributed by atoms with Gasteiger partial charge in [-0.3, -0.25) is 9.59 Å². The van der Waals surface area contributed by atoms with Gasteiger partial charge in [0.25, 0.3) is 0 Å². The Labute approximate surface area is 157 Å². The van der Waals surface area contributed by atoms with E-state index in [9.17, 15) is 27.2 Å². The number of carbonyl (C=O) groups excluding carboxylic acids is 1. The van der Waals surface area contributed by atoms with Crippen LogP contribution in [0.1, 0.15) is 30.0 Å². The molecule has 2 aromatic carbocycles. The fraction of sp³-hybridized carbons (Fsp3) is 0.263. The zero-order chi connectivity index (χ0) is 20.7. The van der Waals surface area contributed by atoms with Gasteiger partial charge in [-0.15, -0.1) is 13.2 Å². The van der Waals surface area contributed by atoms with E-state index < -0.39 is 42.3 Å². The molecule has 150 valence electrons. The van der Waals surface area contributed by atoms with Crippen LogP contribution in [-0.2, 0) is 16.0 Å². The lowest BCUT2D eigenvalue weighted by molar-refractivity contribution is -0.274. The van der Waals surface area contributed by atoms with E-state index in [0.29, 0.717) is 12.0 Å². The highest BCUT2D eigenvalue weighted by atomic mass is 19.4. The second-order valence-electron chi connectivity index (χ2n) is 5.96. The Balaban J connectivity index is 2.01. The largest absolute Gasteiger partial charge is 0.573 e. The van der Waals surface area contributed by atoms with E-state index in [1.54, 1.807) is 0 Å². The number of aliphatic carboxylic acids is 1. The molecule has 2 N–H and O–H groups in total. The van der Waals surface area contributed by atoms with Gasteiger partial charge in [-0.1, -0.05) is 24.3 Å². The number of rotatable bonds is 8. The molecule has 0 aromatic heterocycles. The lowest BCUT2D eigenvalue weighted by atomic mass is 10.0. The summed E-state index contributed by atoms with van der Waals surface area (Å²) in [6, 6.07) is 9.30. The fourth-order valence-corrected chi connectivity index (χ4v) is 2.50. The third kappa shape index (κ3) is 7.26. The summed E-state index contributed by atoms with van der Waals surface area (Å²) in [4.78, 5) is 23.2. The first-order chi connectivity index (χ1) is 13.1. The summed E-state index contributed by atoms with van der Waals surface area (Å²) in [5.41, 5.74) is 1.06. The number of benzene rings is 2. The summed E-state index contributed by atoms with van der Waals surface area (Å²) < 4.78 is 53.3. The van der Waals surface area contributed by atoms with Crippen molar-refractivity contribution in [1.82, 2.24) is 5.32 Å². The Bertz CT molecular complexity index is 804. The second-order valence-corrected chi connectivity index (χ2v) is 5.96. The number of aryl methyl sites for hydroxylation is 1. The Morgan fingerprint density at radius 3 is 2.18 bits per heavy atom. The minimum absolute atomic E-state index is 0.0387. The zero-order valence-electron chi connectivity index (χ0n) is 14.5. The van der Waals surface area contributed by atoms with Crippen LogP contribution >= 0.6 is 0 Å². The summed E-state index contributed by atoms with van der Waals surface area (Å²) >= 11 is 0. The first-order valence-corrected chi connectivity index (χ1v) is 8.24. The van der Waals surface area contributed by atoms with Crippen molar-refractivity contribution < 1.29 is 37.0 Å². The van der Waals surface area contributed by atoms with Crippen LogP contribution in [0, 0.1) is 5.82 Å². The molecule has 0 aliphatic heterocycles. The normalized spacial score (nSPS) is 12.3. The summed E-state index contributed by atoms with van der Waals surface area (Å²) in [5, 5.41) is 11.6. The lowest BCUT2D eigenvalue weighted by Gasteiger charge is -2.18. The fourth-order valence-electron chi connectivity index (χ4n) is 2.50. The van der Waals surface area contributed by atoms with Crippen LogP contribution in [0.4, 0.5) is 17.6 Å². The van der Waals surface area contributed by atoms with Crippen LogP contribution in [0.5, 0.6) is 5.75 Å². The Kier molecular flexibility index (Phi) is 6.97. The molecule has 28 heavy (non-hydrogen) atoms. The van der Waals surface area contributed by atoms with Crippen LogP contribution in [0.15, 0.2) is 48.5 Å². The van der Waals surface area contributed by atoms with Gasteiger partial charge < -0.3 is 15.2 Å². The summed E-state index contributed by atoms with van der Waals surface area (Å²) in [6.45, 7) is 0. The Morgan fingerprint density at radius 2 is 1.64 bits per heavy atom. The molecule has 0 aliphatic rings. The minimum atomic E-state index is -4.84. The topological polar surface area (TPSA) is 75.6 Å². The van der Waals surface area contributed by atoms with Gasteiger partial charge in [-0.2, -0.15) is 0 Å². The van der Waals surface area contributed by atoms with Gasteiger partial charge in [-0.05, 0) is 41.8 Å². The second kappa shape index (κ2) is 9.20. The molecule has 0 fully saturated rings. The quantitative estimate of drug-likeness (QED) is 0.659. The van der Waals surface area contributed by atoms with E-state index in [2.05, 4.69) is 10.1 Å². The number of halogens is 4. The maximum atomic E-state index is 12.9. The van der Waals surface area contributed by atoms with Crippen molar-refractivity contribution in [3.63, 3.8) is 0 Å². The average Bonchev–Trinajstić information content (AvgIpc) is 2.59. The van der Waals surface area contributed by atoms with Crippen molar-refractivity contribution in [2.75, 3.05) is 0 Å². The first-order valence-electron chi connectivity index (χ1n) is 8.24. The van der Waals surface area contributed by atoms with Crippen molar-refractivity contribution in [3.05, 3.63) is 65.5 Å². The molecule has 0 aliphatic carbocycles. The van der Waals surface area contributed by atoms with E-state index in [1.807, 2.05) is 0 Å². The van der Waals surface area contributed by atoms with E-state index in [4.69, 9.17) is 5.11 Å². The lowest BCUT2D eigenvalue weighted by Crippen LogP contribution is -2.30. The van der Waals surface area contributed by atoms with Gasteiger partial charge in [0.1, 0.15) is 11.6 Å². The molecule has 1 unspecified atom stereocenters. The number of hydrogen-bond donors (Lipinski definition) is 2. The molecule has 1 atom stereocenters. The maximum Gasteiger partial charge on any atom is 0.573 e. The number of ether oxygens (including phenoxy) is 1. The SMILES string of the molecule is O=C(O)CC(NC(=O)CCc1ccc(F)cc1)c1ccc(OC(F)(F)F)cc1. The van der Waals surface area contributed by atoms with Crippen LogP contribution in [-0.4, -0.2) is 23.3 Å². The van der Waals surface area contributed by atoms with E-state index in [-0.39, 0.29) is 6.42 Å². The standard InChI is InChI=1S/C19H17F4NO4/c20-14-6-1-12(2-7-14)3-10-17(25)24-16(11-18(26)27)13-4-8-15(9-5-13)28-19(21,22)23/h1-2,4-9,16H,3,10-11H2,(H,24,25)(H,26,27). The maximum absolute atomic E-state index is 12.9. The highest BCUT2D eigenvalue weighted by molar-refractivity contribution is 5.78. The molecule has 1 amide bonds. The van der Waals surface area contributed by atoms with Crippen molar-refractivity contribution in [2.45, 2.75) is 31.7 Å². The van der Waals surface area contributed by atoms with Crippen molar-refractivity contribution in [3.8, 4) is 5.75 Å². The van der Waals surface area contributed by atoms with Crippen LogP contribution in [0.3, 0.4) is 0 Å². The highest BCUT2D eigenvalue weighted by Crippen LogP contribution is 2.25. The van der Waals surface area contributed by atoms with E-state index in [1.165, 1.54) is 36.4 Å². The van der Waals surface area contributed by atoms with Crippen LogP contribution in [0.2, 0.25) is 0 Å². The number of nitrogens with one attached hydrogen (secondary N) is 1. The third-order valence-electron chi connectivity index (χ3n) is 3.78. The monoisotopic (exact) mass is 399 g/mol. The molecule has 9 heteroatoms. The van der Waals surface area contributed by atoms with Crippen molar-refractivity contribution in [1.29, 1.82) is 0 Å². The molecule has 0 saturated heterocycles. The van der Waals surface area contributed by atoms with Crippen molar-refractivity contribution >= 4 is 11.9 Å². The summed E-state index contributed by atoms with van der Waals surface area (Å²) in [7, 11) is 0. The first kappa shape index (κ1) is 21.2. The molecule has 0 saturated carbocycles. The number of carboxylic acids is 1. The van der Waals surface area contributed by atoms with Crippen molar-refractivity contribution in [2.24, 2.45) is 0 Å². The molecule has 0 spiro atoms. The number of amides is 1. The number of hydrogen-bond acceptors (Lipinski definition) is 3. The molecule has 0 radical (unpaired) electrons. The molecule has 5 nitrogen and oxygen atoms in total. The van der Waals surface area contributed by atoms with Crippen LogP contribution < -0.4 is 10.1 Å².